The minimum absolute atomic E-state index is 0.722. The second kappa shape index (κ2) is 5.10. The highest BCUT2D eigenvalue weighted by molar-refractivity contribution is 7.22. The minimum atomic E-state index is 0.722. The number of hydrogen-bond donors (Lipinski definition) is 1. The van der Waals surface area contributed by atoms with Crippen LogP contribution in [0.25, 0.3) is 10.2 Å². The first-order valence-electron chi connectivity index (χ1n) is 5.54. The predicted molar refractivity (Wildman–Crippen MR) is 74.7 cm³/mol. The van der Waals surface area contributed by atoms with E-state index in [1.807, 2.05) is 13.0 Å². The summed E-state index contributed by atoms with van der Waals surface area (Å²) >= 11 is 7.78. The highest BCUT2D eigenvalue weighted by Gasteiger charge is 2.13. The van der Waals surface area contributed by atoms with E-state index in [2.05, 4.69) is 17.2 Å². The Bertz CT molecular complexity index is 539. The van der Waals surface area contributed by atoms with Gasteiger partial charge in [0.1, 0.15) is 11.3 Å². The highest BCUT2D eigenvalue weighted by Crippen LogP contribution is 2.38. The molecular weight excluding hydrogens is 256 g/mol. The van der Waals surface area contributed by atoms with Crippen LogP contribution < -0.4 is 10.1 Å². The number of anilines is 1. The molecule has 0 radical (unpaired) electrons. The van der Waals surface area contributed by atoms with Gasteiger partial charge >= 0.3 is 0 Å². The van der Waals surface area contributed by atoms with E-state index in [0.717, 1.165) is 44.6 Å². The molecule has 0 amide bonds. The molecule has 0 aliphatic rings. The second-order valence-electron chi connectivity index (χ2n) is 3.81. The number of nitrogens with zero attached hydrogens (tertiary/aromatic N) is 1. The maximum Gasteiger partial charge on any atom is 0.183 e. The standard InChI is InChI=1S/C12H15ClN2OS/c1-4-5-14-12-15-10-9(16-3)6-8(13)7(2)11(10)17-12/h6H,4-5H2,1-3H3,(H,14,15). The molecule has 0 unspecified atom stereocenters. The molecule has 0 spiro atoms. The maximum absolute atomic E-state index is 6.16. The average molecular weight is 271 g/mol. The molecule has 0 fully saturated rings. The van der Waals surface area contributed by atoms with Crippen LogP contribution in [0.3, 0.4) is 0 Å². The lowest BCUT2D eigenvalue weighted by molar-refractivity contribution is 0.419. The fourth-order valence-electron chi connectivity index (χ4n) is 1.60. The molecule has 0 aliphatic heterocycles. The lowest BCUT2D eigenvalue weighted by atomic mass is 10.2. The Morgan fingerprint density at radius 2 is 2.29 bits per heavy atom. The van der Waals surface area contributed by atoms with Crippen molar-refractivity contribution in [3.63, 3.8) is 0 Å². The Balaban J connectivity index is 2.54. The molecule has 1 N–H and O–H groups in total. The van der Waals surface area contributed by atoms with Gasteiger partial charge in [-0.05, 0) is 18.9 Å². The van der Waals surface area contributed by atoms with Gasteiger partial charge in [0.25, 0.3) is 0 Å². The first-order chi connectivity index (χ1) is 8.17. The molecule has 0 saturated heterocycles. The summed E-state index contributed by atoms with van der Waals surface area (Å²) in [6.07, 6.45) is 1.08. The van der Waals surface area contributed by atoms with Crippen LogP contribution in [0.1, 0.15) is 18.9 Å². The van der Waals surface area contributed by atoms with E-state index < -0.39 is 0 Å². The van der Waals surface area contributed by atoms with Crippen molar-refractivity contribution < 1.29 is 4.74 Å². The Morgan fingerprint density at radius 1 is 1.53 bits per heavy atom. The van der Waals surface area contributed by atoms with Crippen molar-refractivity contribution in [2.45, 2.75) is 20.3 Å². The molecule has 3 nitrogen and oxygen atoms in total. The van der Waals surface area contributed by atoms with Crippen LogP contribution in [0.15, 0.2) is 6.07 Å². The Labute approximate surface area is 110 Å². The molecule has 0 aliphatic carbocycles. The molecule has 17 heavy (non-hydrogen) atoms. The Morgan fingerprint density at radius 3 is 2.94 bits per heavy atom. The molecule has 0 atom stereocenters. The third-order valence-corrected chi connectivity index (χ3v) is 4.09. The predicted octanol–water partition coefficient (Wildman–Crippen LogP) is 4.09. The van der Waals surface area contributed by atoms with E-state index in [1.54, 1.807) is 18.4 Å². The number of methoxy groups -OCH3 is 1. The van der Waals surface area contributed by atoms with Crippen LogP contribution in [-0.4, -0.2) is 18.6 Å². The van der Waals surface area contributed by atoms with Crippen molar-refractivity contribution >= 4 is 38.3 Å². The number of rotatable bonds is 4. The third kappa shape index (κ3) is 2.33. The number of benzene rings is 1. The first-order valence-corrected chi connectivity index (χ1v) is 6.74. The molecule has 2 aromatic rings. The number of thiazole rings is 1. The zero-order valence-corrected chi connectivity index (χ0v) is 11.7. The molecule has 1 heterocycles. The summed E-state index contributed by atoms with van der Waals surface area (Å²) in [6.45, 7) is 5.06. The maximum atomic E-state index is 6.16. The van der Waals surface area contributed by atoms with E-state index >= 15 is 0 Å². The van der Waals surface area contributed by atoms with Gasteiger partial charge < -0.3 is 10.1 Å². The highest BCUT2D eigenvalue weighted by atomic mass is 35.5. The Hall–Kier alpha value is -1.000. The van der Waals surface area contributed by atoms with E-state index in [-0.39, 0.29) is 0 Å². The summed E-state index contributed by atoms with van der Waals surface area (Å²) in [4.78, 5) is 4.55. The Kier molecular flexibility index (Phi) is 3.74. The molecular formula is C12H15ClN2OS. The van der Waals surface area contributed by atoms with Crippen molar-refractivity contribution in [1.29, 1.82) is 0 Å². The fraction of sp³-hybridized carbons (Fsp3) is 0.417. The lowest BCUT2D eigenvalue weighted by Gasteiger charge is -2.04. The van der Waals surface area contributed by atoms with Crippen LogP contribution in [0.2, 0.25) is 5.02 Å². The normalized spacial score (nSPS) is 10.8. The summed E-state index contributed by atoms with van der Waals surface area (Å²) in [5.41, 5.74) is 1.95. The van der Waals surface area contributed by atoms with Gasteiger partial charge in [0, 0.05) is 17.6 Å². The number of aromatic nitrogens is 1. The lowest BCUT2D eigenvalue weighted by Crippen LogP contribution is -1.98. The smallest absolute Gasteiger partial charge is 0.183 e. The van der Waals surface area contributed by atoms with E-state index in [1.165, 1.54) is 0 Å². The minimum Gasteiger partial charge on any atom is -0.494 e. The van der Waals surface area contributed by atoms with Crippen molar-refractivity contribution in [3.05, 3.63) is 16.7 Å². The zero-order valence-electron chi connectivity index (χ0n) is 10.1. The summed E-state index contributed by atoms with van der Waals surface area (Å²) in [6, 6.07) is 1.82. The van der Waals surface area contributed by atoms with Crippen molar-refractivity contribution in [2.24, 2.45) is 0 Å². The SMILES string of the molecule is CCCNc1nc2c(OC)cc(Cl)c(C)c2s1. The molecule has 2 rings (SSSR count). The van der Waals surface area contributed by atoms with E-state index in [9.17, 15) is 0 Å². The molecule has 1 aromatic carbocycles. The average Bonchev–Trinajstić information content (AvgIpc) is 2.75. The van der Waals surface area contributed by atoms with Gasteiger partial charge in [-0.3, -0.25) is 0 Å². The third-order valence-electron chi connectivity index (χ3n) is 2.56. The first kappa shape index (κ1) is 12.5. The molecule has 92 valence electrons. The molecule has 0 bridgehead atoms. The van der Waals surface area contributed by atoms with Crippen LogP contribution >= 0.6 is 22.9 Å². The van der Waals surface area contributed by atoms with Gasteiger partial charge in [0.2, 0.25) is 0 Å². The van der Waals surface area contributed by atoms with Gasteiger partial charge in [0.15, 0.2) is 5.13 Å². The van der Waals surface area contributed by atoms with Crippen LogP contribution in [0.5, 0.6) is 5.75 Å². The molecule has 0 saturated carbocycles. The molecule has 5 heteroatoms. The van der Waals surface area contributed by atoms with Crippen LogP contribution in [-0.2, 0) is 0 Å². The van der Waals surface area contributed by atoms with Gasteiger partial charge in [-0.2, -0.15) is 0 Å². The quantitative estimate of drug-likeness (QED) is 0.909. The second-order valence-corrected chi connectivity index (χ2v) is 5.22. The monoisotopic (exact) mass is 270 g/mol. The van der Waals surface area contributed by atoms with Gasteiger partial charge in [-0.15, -0.1) is 0 Å². The molecule has 1 aromatic heterocycles. The van der Waals surface area contributed by atoms with Crippen molar-refractivity contribution in [2.75, 3.05) is 19.0 Å². The summed E-state index contributed by atoms with van der Waals surface area (Å²) in [5.74, 6) is 0.733. The topological polar surface area (TPSA) is 34.2 Å². The largest absolute Gasteiger partial charge is 0.494 e. The zero-order chi connectivity index (χ0) is 12.4. The van der Waals surface area contributed by atoms with Gasteiger partial charge in [-0.1, -0.05) is 29.9 Å². The van der Waals surface area contributed by atoms with Gasteiger partial charge in [-0.25, -0.2) is 4.98 Å². The van der Waals surface area contributed by atoms with Gasteiger partial charge in [0.05, 0.1) is 11.8 Å². The van der Waals surface area contributed by atoms with E-state index in [4.69, 9.17) is 16.3 Å². The number of ether oxygens (including phenoxy) is 1. The number of fused-ring (bicyclic) bond motifs is 1. The summed E-state index contributed by atoms with van der Waals surface area (Å²) < 4.78 is 6.40. The fourth-order valence-corrected chi connectivity index (χ4v) is 2.86. The van der Waals surface area contributed by atoms with Crippen molar-refractivity contribution in [1.82, 2.24) is 4.98 Å². The summed E-state index contributed by atoms with van der Waals surface area (Å²) in [7, 11) is 1.64. The van der Waals surface area contributed by atoms with Crippen molar-refractivity contribution in [3.8, 4) is 5.75 Å². The van der Waals surface area contributed by atoms with Crippen LogP contribution in [0.4, 0.5) is 5.13 Å². The van der Waals surface area contributed by atoms with E-state index in [0.29, 0.717) is 0 Å². The summed E-state index contributed by atoms with van der Waals surface area (Å²) in [5, 5.41) is 4.93. The number of hydrogen-bond acceptors (Lipinski definition) is 4. The van der Waals surface area contributed by atoms with Crippen LogP contribution in [0, 0.1) is 6.92 Å². The number of aryl methyl sites for hydroxylation is 1. The number of nitrogens with one attached hydrogen (secondary N) is 1. The number of halogens is 1.